The number of carbonyl (C=O) groups is 1. The van der Waals surface area contributed by atoms with Gasteiger partial charge in [-0.2, -0.15) is 0 Å². The molecule has 7 nitrogen and oxygen atoms in total. The second kappa shape index (κ2) is 15.6. The fourth-order valence-electron chi connectivity index (χ4n) is 3.11. The van der Waals surface area contributed by atoms with Crippen LogP contribution in [0.15, 0.2) is 59.7 Å². The van der Waals surface area contributed by atoms with Crippen molar-refractivity contribution in [3.8, 4) is 0 Å². The van der Waals surface area contributed by atoms with Gasteiger partial charge in [0.25, 0.3) is 0 Å². The van der Waals surface area contributed by atoms with Crippen molar-refractivity contribution in [3.63, 3.8) is 0 Å². The Morgan fingerprint density at radius 2 is 1.81 bits per heavy atom. The summed E-state index contributed by atoms with van der Waals surface area (Å²) >= 11 is 0. The van der Waals surface area contributed by atoms with E-state index >= 15 is 0 Å². The van der Waals surface area contributed by atoms with Crippen molar-refractivity contribution >= 4 is 35.8 Å². The third-order valence-electron chi connectivity index (χ3n) is 5.37. The largest absolute Gasteiger partial charge is 0.356 e. The molecule has 176 valence electrons. The first-order valence-electron chi connectivity index (χ1n) is 10.8. The fraction of sp³-hybridized carbons (Fsp3) is 0.458. The Balaban J connectivity index is 0.00000512. The van der Waals surface area contributed by atoms with Crippen LogP contribution in [0.4, 0.5) is 0 Å². The first kappa shape index (κ1) is 27.8. The maximum Gasteiger partial charge on any atom is 0.241 e. The van der Waals surface area contributed by atoms with Gasteiger partial charge in [-0.05, 0) is 38.1 Å². The predicted molar refractivity (Wildman–Crippen MR) is 142 cm³/mol. The quantitative estimate of drug-likeness (QED) is 0.255. The Bertz CT molecular complexity index is 803. The van der Waals surface area contributed by atoms with Crippen molar-refractivity contribution in [2.24, 2.45) is 4.99 Å². The summed E-state index contributed by atoms with van der Waals surface area (Å²) in [6.07, 6.45) is 3.49. The first-order valence-corrected chi connectivity index (χ1v) is 10.8. The van der Waals surface area contributed by atoms with Crippen molar-refractivity contribution in [2.75, 3.05) is 40.8 Å². The summed E-state index contributed by atoms with van der Waals surface area (Å²) in [7, 11) is 5.67. The Kier molecular flexibility index (Phi) is 13.5. The van der Waals surface area contributed by atoms with Crippen molar-refractivity contribution in [1.82, 2.24) is 25.4 Å². The SMILES string of the molecule is CN=C(NCCC(C)N(C)Cc1ccccc1)NCC(=O)N(C)CCc1ccccn1.I. The summed E-state index contributed by atoms with van der Waals surface area (Å²) in [6, 6.07) is 16.7. The van der Waals surface area contributed by atoms with Gasteiger partial charge in [-0.25, -0.2) is 0 Å². The summed E-state index contributed by atoms with van der Waals surface area (Å²) in [5.74, 6) is 0.666. The molecule has 2 rings (SSSR count). The lowest BCUT2D eigenvalue weighted by Crippen LogP contribution is -2.45. The third-order valence-corrected chi connectivity index (χ3v) is 5.37. The van der Waals surface area contributed by atoms with E-state index in [1.54, 1.807) is 18.1 Å². The number of likely N-dealkylation sites (N-methyl/N-ethyl adjacent to an activating group) is 1. The molecule has 2 aromatic rings. The van der Waals surface area contributed by atoms with Gasteiger partial charge in [0.1, 0.15) is 0 Å². The summed E-state index contributed by atoms with van der Waals surface area (Å²) in [4.78, 5) is 25.0. The number of halogens is 1. The van der Waals surface area contributed by atoms with E-state index in [1.807, 2.05) is 31.3 Å². The van der Waals surface area contributed by atoms with E-state index in [0.717, 1.165) is 31.6 Å². The Labute approximate surface area is 209 Å². The average Bonchev–Trinajstić information content (AvgIpc) is 2.80. The van der Waals surface area contributed by atoms with Gasteiger partial charge >= 0.3 is 0 Å². The van der Waals surface area contributed by atoms with E-state index in [2.05, 4.69) is 63.7 Å². The van der Waals surface area contributed by atoms with Gasteiger partial charge in [0.05, 0.1) is 6.54 Å². The van der Waals surface area contributed by atoms with Crippen LogP contribution >= 0.6 is 24.0 Å². The first-order chi connectivity index (χ1) is 15.0. The van der Waals surface area contributed by atoms with E-state index in [-0.39, 0.29) is 36.4 Å². The van der Waals surface area contributed by atoms with Gasteiger partial charge < -0.3 is 15.5 Å². The second-order valence-electron chi connectivity index (χ2n) is 7.78. The maximum atomic E-state index is 12.4. The van der Waals surface area contributed by atoms with Crippen LogP contribution in [0.25, 0.3) is 0 Å². The van der Waals surface area contributed by atoms with Crippen LogP contribution in [-0.4, -0.2) is 73.5 Å². The van der Waals surface area contributed by atoms with Gasteiger partial charge in [-0.3, -0.25) is 19.7 Å². The molecule has 0 aliphatic rings. The highest BCUT2D eigenvalue weighted by Crippen LogP contribution is 2.07. The highest BCUT2D eigenvalue weighted by Gasteiger charge is 2.12. The summed E-state index contributed by atoms with van der Waals surface area (Å²) in [5.41, 5.74) is 2.30. The topological polar surface area (TPSA) is 72.9 Å². The number of amides is 1. The normalized spacial score (nSPS) is 12.1. The monoisotopic (exact) mass is 552 g/mol. The lowest BCUT2D eigenvalue weighted by atomic mass is 10.1. The van der Waals surface area contributed by atoms with E-state index in [0.29, 0.717) is 18.5 Å². The number of hydrogen-bond acceptors (Lipinski definition) is 4. The minimum atomic E-state index is 0. The van der Waals surface area contributed by atoms with Crippen LogP contribution in [0.1, 0.15) is 24.6 Å². The molecule has 0 bridgehead atoms. The van der Waals surface area contributed by atoms with Crippen LogP contribution in [0, 0.1) is 0 Å². The molecule has 1 aromatic heterocycles. The van der Waals surface area contributed by atoms with Crippen molar-refractivity contribution in [1.29, 1.82) is 0 Å². The van der Waals surface area contributed by atoms with Crippen LogP contribution in [0.5, 0.6) is 0 Å². The lowest BCUT2D eigenvalue weighted by molar-refractivity contribution is -0.128. The molecular formula is C24H37IN6O. The molecule has 0 radical (unpaired) electrons. The van der Waals surface area contributed by atoms with E-state index < -0.39 is 0 Å². The van der Waals surface area contributed by atoms with Crippen molar-refractivity contribution in [2.45, 2.75) is 32.4 Å². The number of pyridine rings is 1. The fourth-order valence-corrected chi connectivity index (χ4v) is 3.11. The number of hydrogen-bond donors (Lipinski definition) is 2. The number of nitrogens with zero attached hydrogens (tertiary/aromatic N) is 4. The number of benzene rings is 1. The highest BCUT2D eigenvalue weighted by molar-refractivity contribution is 14.0. The molecule has 1 heterocycles. The molecule has 8 heteroatoms. The van der Waals surface area contributed by atoms with Gasteiger partial charge in [-0.1, -0.05) is 36.4 Å². The average molecular weight is 553 g/mol. The van der Waals surface area contributed by atoms with E-state index in [1.165, 1.54) is 5.56 Å². The molecule has 1 unspecified atom stereocenters. The zero-order valence-electron chi connectivity index (χ0n) is 19.6. The molecule has 32 heavy (non-hydrogen) atoms. The van der Waals surface area contributed by atoms with Crippen LogP contribution < -0.4 is 10.6 Å². The van der Waals surface area contributed by atoms with Gasteiger partial charge in [-0.15, -0.1) is 24.0 Å². The number of aromatic nitrogens is 1. The van der Waals surface area contributed by atoms with E-state index in [4.69, 9.17) is 0 Å². The zero-order valence-corrected chi connectivity index (χ0v) is 22.0. The van der Waals surface area contributed by atoms with Gasteiger partial charge in [0.15, 0.2) is 5.96 Å². The van der Waals surface area contributed by atoms with E-state index in [9.17, 15) is 4.79 Å². The standard InChI is InChI=1S/C24H36N6O.HI/c1-20(30(4)19-21-10-6-5-7-11-21)13-16-27-24(25-2)28-18-23(31)29(3)17-14-22-12-8-9-15-26-22;/h5-12,15,20H,13-14,16-19H2,1-4H3,(H2,25,27,28);1H. The third kappa shape index (κ3) is 10.4. The maximum absolute atomic E-state index is 12.4. The molecular weight excluding hydrogens is 515 g/mol. The minimum absolute atomic E-state index is 0. The molecule has 0 saturated carbocycles. The molecule has 0 aliphatic carbocycles. The molecule has 0 spiro atoms. The van der Waals surface area contributed by atoms with Crippen molar-refractivity contribution in [3.05, 3.63) is 66.0 Å². The van der Waals surface area contributed by atoms with Crippen LogP contribution in [0.2, 0.25) is 0 Å². The highest BCUT2D eigenvalue weighted by atomic mass is 127. The van der Waals surface area contributed by atoms with Crippen molar-refractivity contribution < 1.29 is 4.79 Å². The molecule has 0 aliphatic heterocycles. The number of aliphatic imine (C=N–C) groups is 1. The summed E-state index contributed by atoms with van der Waals surface area (Å²) < 4.78 is 0. The van der Waals surface area contributed by atoms with Gasteiger partial charge in [0, 0.05) is 58.1 Å². The smallest absolute Gasteiger partial charge is 0.241 e. The lowest BCUT2D eigenvalue weighted by Gasteiger charge is -2.25. The van der Waals surface area contributed by atoms with Crippen LogP contribution in [-0.2, 0) is 17.8 Å². The second-order valence-corrected chi connectivity index (χ2v) is 7.78. The molecule has 2 N–H and O–H groups in total. The number of guanidine groups is 1. The number of carbonyl (C=O) groups excluding carboxylic acids is 1. The van der Waals surface area contributed by atoms with Gasteiger partial charge in [0.2, 0.25) is 5.91 Å². The Morgan fingerprint density at radius 3 is 2.47 bits per heavy atom. The van der Waals surface area contributed by atoms with Crippen LogP contribution in [0.3, 0.4) is 0 Å². The zero-order chi connectivity index (χ0) is 22.5. The Hall–Kier alpha value is -2.20. The minimum Gasteiger partial charge on any atom is -0.356 e. The Morgan fingerprint density at radius 1 is 1.09 bits per heavy atom. The summed E-state index contributed by atoms with van der Waals surface area (Å²) in [6.45, 7) is 4.77. The predicted octanol–water partition coefficient (Wildman–Crippen LogP) is 2.78. The molecule has 0 fully saturated rings. The molecule has 1 aromatic carbocycles. The summed E-state index contributed by atoms with van der Waals surface area (Å²) in [5, 5.41) is 6.41. The number of nitrogens with one attached hydrogen (secondary N) is 2. The molecule has 0 saturated heterocycles. The molecule has 1 atom stereocenters. The number of rotatable bonds is 11. The molecule has 1 amide bonds.